The number of hydrogen-bond donors (Lipinski definition) is 0. The first-order valence-electron chi connectivity index (χ1n) is 20.1. The van der Waals surface area contributed by atoms with E-state index in [0.29, 0.717) is 5.82 Å². The molecule has 11 aromatic rings. The summed E-state index contributed by atoms with van der Waals surface area (Å²) >= 11 is 0. The lowest BCUT2D eigenvalue weighted by atomic mass is 9.91. The van der Waals surface area contributed by atoms with Crippen LogP contribution in [0.4, 0.5) is 0 Å². The van der Waals surface area contributed by atoms with Gasteiger partial charge >= 0.3 is 0 Å². The molecule has 0 fully saturated rings. The van der Waals surface area contributed by atoms with Gasteiger partial charge in [-0.25, -0.2) is 9.97 Å². The summed E-state index contributed by atoms with van der Waals surface area (Å²) in [6, 6.07) is 79.9. The summed E-state index contributed by atoms with van der Waals surface area (Å²) in [5.41, 5.74) is 15.5. The zero-order valence-corrected chi connectivity index (χ0v) is 32.2. The maximum atomic E-state index is 5.24. The first-order chi connectivity index (χ1) is 29.2. The monoisotopic (exact) mass is 751 g/mol. The Morgan fingerprint density at radius 3 is 1.54 bits per heavy atom. The number of benzene rings is 9. The predicted octanol–water partition coefficient (Wildman–Crippen LogP) is 14.7. The number of aromatic nitrogens is 3. The quantitative estimate of drug-likeness (QED) is 0.162. The molecule has 0 aliphatic heterocycles. The van der Waals surface area contributed by atoms with Crippen molar-refractivity contribution < 1.29 is 0 Å². The summed E-state index contributed by atoms with van der Waals surface area (Å²) in [7, 11) is 0. The molecule has 11 rings (SSSR count). The molecule has 0 amide bonds. The molecule has 2 aromatic heterocycles. The van der Waals surface area contributed by atoms with E-state index in [1.807, 2.05) is 18.2 Å². The van der Waals surface area contributed by atoms with Gasteiger partial charge in [0, 0.05) is 33.2 Å². The maximum absolute atomic E-state index is 5.24. The van der Waals surface area contributed by atoms with Crippen molar-refractivity contribution in [3.05, 3.63) is 224 Å². The highest BCUT2D eigenvalue weighted by molar-refractivity contribution is 6.10. The lowest BCUT2D eigenvalue weighted by Crippen LogP contribution is -1.97. The molecule has 0 saturated carbocycles. The van der Waals surface area contributed by atoms with Crippen molar-refractivity contribution in [3.63, 3.8) is 0 Å². The fourth-order valence-electron chi connectivity index (χ4n) is 8.58. The lowest BCUT2D eigenvalue weighted by Gasteiger charge is -2.15. The molecule has 59 heavy (non-hydrogen) atoms. The first kappa shape index (κ1) is 34.4. The molecule has 3 nitrogen and oxygen atoms in total. The number of para-hydroxylation sites is 2. The fourth-order valence-corrected chi connectivity index (χ4v) is 8.58. The van der Waals surface area contributed by atoms with Gasteiger partial charge in [-0.1, -0.05) is 182 Å². The van der Waals surface area contributed by atoms with E-state index in [9.17, 15) is 0 Å². The van der Waals surface area contributed by atoms with Gasteiger partial charge in [-0.15, -0.1) is 0 Å². The molecule has 3 heteroatoms. The summed E-state index contributed by atoms with van der Waals surface area (Å²) in [5, 5.41) is 4.82. The minimum absolute atomic E-state index is 0.701. The van der Waals surface area contributed by atoms with Gasteiger partial charge < -0.3 is 4.57 Å². The minimum atomic E-state index is 0.701. The van der Waals surface area contributed by atoms with Gasteiger partial charge in [-0.3, -0.25) is 0 Å². The van der Waals surface area contributed by atoms with E-state index >= 15 is 0 Å². The molecule has 0 aliphatic rings. The Hall–Kier alpha value is -7.88. The van der Waals surface area contributed by atoms with Crippen molar-refractivity contribution >= 4 is 32.6 Å². The van der Waals surface area contributed by atoms with Crippen molar-refractivity contribution in [2.75, 3.05) is 0 Å². The lowest BCUT2D eigenvalue weighted by molar-refractivity contribution is 1.18. The number of fused-ring (bicyclic) bond motifs is 4. The topological polar surface area (TPSA) is 30.7 Å². The van der Waals surface area contributed by atoms with Crippen LogP contribution in [0.5, 0.6) is 0 Å². The average Bonchev–Trinajstić information content (AvgIpc) is 3.65. The largest absolute Gasteiger partial charge is 0.309 e. The Morgan fingerprint density at radius 2 is 0.780 bits per heavy atom. The summed E-state index contributed by atoms with van der Waals surface area (Å²) in [5.74, 6) is 0.701. The van der Waals surface area contributed by atoms with Crippen LogP contribution in [0.25, 0.3) is 106 Å². The molecule has 0 N–H and O–H groups in total. The fraction of sp³-hybridized carbons (Fsp3) is 0. The Bertz CT molecular complexity index is 3310. The van der Waals surface area contributed by atoms with Crippen LogP contribution in [0.2, 0.25) is 0 Å². The van der Waals surface area contributed by atoms with E-state index < -0.39 is 0 Å². The Labute approximate surface area is 343 Å². The smallest absolute Gasteiger partial charge is 0.160 e. The van der Waals surface area contributed by atoms with Crippen LogP contribution in [-0.2, 0) is 0 Å². The van der Waals surface area contributed by atoms with Crippen LogP contribution in [0.3, 0.4) is 0 Å². The SMILES string of the molecule is c1ccc(-c2cccc(-c3cc(-c4ccc(-c5cccc(-c6ccc7c8ccccc8n(-c8ccccc8)c7c6)c5)c5ccccc45)nc(-c4ccccc4)n3)c2)cc1. The zero-order chi connectivity index (χ0) is 39.1. The molecule has 0 saturated heterocycles. The summed E-state index contributed by atoms with van der Waals surface area (Å²) in [6.45, 7) is 0. The van der Waals surface area contributed by atoms with E-state index in [0.717, 1.165) is 44.7 Å². The van der Waals surface area contributed by atoms with Crippen LogP contribution < -0.4 is 0 Å². The molecule has 9 aromatic carbocycles. The molecule has 0 aliphatic carbocycles. The van der Waals surface area contributed by atoms with Gasteiger partial charge in [0.25, 0.3) is 0 Å². The van der Waals surface area contributed by atoms with Crippen LogP contribution in [-0.4, -0.2) is 14.5 Å². The van der Waals surface area contributed by atoms with Crippen LogP contribution in [0.15, 0.2) is 224 Å². The Morgan fingerprint density at radius 1 is 0.271 bits per heavy atom. The molecule has 2 heterocycles. The predicted molar refractivity (Wildman–Crippen MR) is 246 cm³/mol. The van der Waals surface area contributed by atoms with Gasteiger partial charge in [-0.05, 0) is 86.6 Å². The normalized spacial score (nSPS) is 11.4. The van der Waals surface area contributed by atoms with Gasteiger partial charge in [0.1, 0.15) is 0 Å². The van der Waals surface area contributed by atoms with Crippen molar-refractivity contribution in [1.29, 1.82) is 0 Å². The van der Waals surface area contributed by atoms with Crippen molar-refractivity contribution in [2.45, 2.75) is 0 Å². The van der Waals surface area contributed by atoms with Crippen LogP contribution >= 0.6 is 0 Å². The first-order valence-corrected chi connectivity index (χ1v) is 20.1. The second-order valence-corrected chi connectivity index (χ2v) is 15.0. The van der Waals surface area contributed by atoms with E-state index in [1.165, 1.54) is 55.0 Å². The maximum Gasteiger partial charge on any atom is 0.160 e. The van der Waals surface area contributed by atoms with Crippen molar-refractivity contribution in [1.82, 2.24) is 14.5 Å². The molecule has 0 spiro atoms. The number of rotatable bonds is 7. The molecule has 0 bridgehead atoms. The van der Waals surface area contributed by atoms with E-state index in [1.54, 1.807) is 0 Å². The van der Waals surface area contributed by atoms with Gasteiger partial charge in [-0.2, -0.15) is 0 Å². The number of hydrogen-bond acceptors (Lipinski definition) is 2. The standard InChI is InChI=1S/C56H37N3/c1-4-16-38(17-5-1)40-20-15-23-44(35-40)52-37-53(58-56(57-52)39-18-6-2-7-19-39)49-33-32-46(47-26-10-11-27-48(47)49)43-22-14-21-41(34-43)42-30-31-51-50-28-12-13-29-54(50)59(55(51)36-42)45-24-8-3-9-25-45/h1-37H. The highest BCUT2D eigenvalue weighted by Gasteiger charge is 2.17. The molecular formula is C56H37N3. The van der Waals surface area contributed by atoms with Crippen molar-refractivity contribution in [3.8, 4) is 73.0 Å². The molecule has 276 valence electrons. The van der Waals surface area contributed by atoms with Gasteiger partial charge in [0.2, 0.25) is 0 Å². The number of nitrogens with zero attached hydrogens (tertiary/aromatic N) is 3. The molecule has 0 radical (unpaired) electrons. The molecular weight excluding hydrogens is 715 g/mol. The second-order valence-electron chi connectivity index (χ2n) is 15.0. The Kier molecular flexibility index (Phi) is 8.49. The average molecular weight is 752 g/mol. The van der Waals surface area contributed by atoms with Gasteiger partial charge in [0.15, 0.2) is 5.82 Å². The highest BCUT2D eigenvalue weighted by Crippen LogP contribution is 2.40. The highest BCUT2D eigenvalue weighted by atomic mass is 15.0. The zero-order valence-electron chi connectivity index (χ0n) is 32.2. The van der Waals surface area contributed by atoms with E-state index in [4.69, 9.17) is 9.97 Å². The van der Waals surface area contributed by atoms with Gasteiger partial charge in [0.05, 0.1) is 22.4 Å². The van der Waals surface area contributed by atoms with Crippen molar-refractivity contribution in [2.24, 2.45) is 0 Å². The second kappa shape index (κ2) is 14.6. The van der Waals surface area contributed by atoms with Crippen LogP contribution in [0, 0.1) is 0 Å². The Balaban J connectivity index is 1.03. The summed E-state index contributed by atoms with van der Waals surface area (Å²) < 4.78 is 2.38. The molecule has 0 atom stereocenters. The summed E-state index contributed by atoms with van der Waals surface area (Å²) in [6.07, 6.45) is 0. The van der Waals surface area contributed by atoms with Crippen LogP contribution in [0.1, 0.15) is 0 Å². The third kappa shape index (κ3) is 6.26. The van der Waals surface area contributed by atoms with E-state index in [2.05, 4.69) is 211 Å². The third-order valence-electron chi connectivity index (χ3n) is 11.4. The van der Waals surface area contributed by atoms with E-state index in [-0.39, 0.29) is 0 Å². The summed E-state index contributed by atoms with van der Waals surface area (Å²) in [4.78, 5) is 10.4. The third-order valence-corrected chi connectivity index (χ3v) is 11.4. The minimum Gasteiger partial charge on any atom is -0.309 e. The molecule has 0 unspecified atom stereocenters.